The summed E-state index contributed by atoms with van der Waals surface area (Å²) in [5.74, 6) is -1.37. The number of pyridine rings is 1. The Morgan fingerprint density at radius 3 is 2.34 bits per heavy atom. The number of halogens is 1. The van der Waals surface area contributed by atoms with Gasteiger partial charge < -0.3 is 10.0 Å². The normalized spacial score (nSPS) is 18.6. The van der Waals surface area contributed by atoms with E-state index in [0.717, 1.165) is 16.8 Å². The van der Waals surface area contributed by atoms with Gasteiger partial charge in [-0.05, 0) is 36.6 Å². The number of carbonyl (C=O) groups is 2. The van der Waals surface area contributed by atoms with Crippen LogP contribution in [0.5, 0.6) is 0 Å². The first-order chi connectivity index (χ1) is 14.1. The van der Waals surface area contributed by atoms with E-state index in [4.69, 9.17) is 11.6 Å². The monoisotopic (exact) mass is 406 g/mol. The average molecular weight is 407 g/mol. The lowest BCUT2D eigenvalue weighted by atomic mass is 10.0. The highest BCUT2D eigenvalue weighted by Crippen LogP contribution is 2.40. The van der Waals surface area contributed by atoms with Gasteiger partial charge in [0.15, 0.2) is 0 Å². The zero-order chi connectivity index (χ0) is 20.4. The molecule has 0 unspecified atom stereocenters. The van der Waals surface area contributed by atoms with Gasteiger partial charge in [0.1, 0.15) is 6.04 Å². The molecule has 146 valence electrons. The molecule has 1 N–H and O–H groups in total. The topological polar surface area (TPSA) is 70.5 Å². The molecule has 1 aromatic heterocycles. The van der Waals surface area contributed by atoms with Crippen molar-refractivity contribution in [3.05, 3.63) is 89.1 Å². The van der Waals surface area contributed by atoms with Gasteiger partial charge in [-0.1, -0.05) is 60.1 Å². The fraction of sp³-hybridized carbons (Fsp3) is 0.174. The summed E-state index contributed by atoms with van der Waals surface area (Å²) in [7, 11) is 0. The van der Waals surface area contributed by atoms with Crippen molar-refractivity contribution in [3.63, 3.8) is 0 Å². The van der Waals surface area contributed by atoms with Crippen LogP contribution in [0, 0.1) is 0 Å². The van der Waals surface area contributed by atoms with E-state index in [9.17, 15) is 14.7 Å². The Labute approximate surface area is 173 Å². The molecular formula is C23H19ClN2O3. The van der Waals surface area contributed by atoms with Crippen LogP contribution in [0.3, 0.4) is 0 Å². The summed E-state index contributed by atoms with van der Waals surface area (Å²) in [5, 5.41) is 10.2. The first-order valence-electron chi connectivity index (χ1n) is 9.37. The Hall–Kier alpha value is -3.18. The van der Waals surface area contributed by atoms with Crippen molar-refractivity contribution >= 4 is 23.5 Å². The molecule has 2 heterocycles. The number of nitrogens with zero attached hydrogens (tertiary/aromatic N) is 2. The van der Waals surface area contributed by atoms with Crippen molar-refractivity contribution in [3.8, 4) is 11.3 Å². The van der Waals surface area contributed by atoms with E-state index in [0.29, 0.717) is 23.4 Å². The van der Waals surface area contributed by atoms with Crippen LogP contribution in [0.25, 0.3) is 11.3 Å². The maximum Gasteiger partial charge on any atom is 0.326 e. The van der Waals surface area contributed by atoms with E-state index in [1.807, 2.05) is 48.5 Å². The zero-order valence-corrected chi connectivity index (χ0v) is 16.3. The van der Waals surface area contributed by atoms with Crippen molar-refractivity contribution in [2.45, 2.75) is 24.9 Å². The minimum absolute atomic E-state index is 0.355. The second-order valence-corrected chi connectivity index (χ2v) is 7.39. The standard InChI is InChI=1S/C23H19ClN2O3/c24-18-9-5-4-8-17(18)20-12-13-21(23(28)29)26(20)22(27)16-10-11-19(25-14-16)15-6-2-1-3-7-15/h1-11,14,20-21H,12-13H2,(H,28,29)/t20-,21+/m1/s1. The van der Waals surface area contributed by atoms with Gasteiger partial charge in [0, 0.05) is 16.8 Å². The third kappa shape index (κ3) is 3.74. The van der Waals surface area contributed by atoms with Crippen molar-refractivity contribution < 1.29 is 14.7 Å². The number of carboxylic acids is 1. The van der Waals surface area contributed by atoms with Gasteiger partial charge in [0.25, 0.3) is 5.91 Å². The third-order valence-corrected chi connectivity index (χ3v) is 5.59. The van der Waals surface area contributed by atoms with Gasteiger partial charge in [-0.15, -0.1) is 0 Å². The summed E-state index contributed by atoms with van der Waals surface area (Å²) in [4.78, 5) is 30.9. The van der Waals surface area contributed by atoms with Crippen LogP contribution in [0.2, 0.25) is 5.02 Å². The van der Waals surface area contributed by atoms with Crippen LogP contribution >= 0.6 is 11.6 Å². The minimum Gasteiger partial charge on any atom is -0.480 e. The van der Waals surface area contributed by atoms with Crippen LogP contribution < -0.4 is 0 Å². The molecule has 0 saturated carbocycles. The lowest BCUT2D eigenvalue weighted by molar-refractivity contribution is -0.141. The molecule has 1 fully saturated rings. The van der Waals surface area contributed by atoms with Gasteiger partial charge in [-0.3, -0.25) is 9.78 Å². The molecule has 5 nitrogen and oxygen atoms in total. The molecule has 0 aliphatic carbocycles. The van der Waals surface area contributed by atoms with Gasteiger partial charge in [0.2, 0.25) is 0 Å². The van der Waals surface area contributed by atoms with Crippen molar-refractivity contribution in [2.24, 2.45) is 0 Å². The molecule has 3 aromatic rings. The lowest BCUT2D eigenvalue weighted by Crippen LogP contribution is -2.42. The molecule has 2 aromatic carbocycles. The predicted molar refractivity (Wildman–Crippen MR) is 111 cm³/mol. The Morgan fingerprint density at radius 1 is 0.966 bits per heavy atom. The van der Waals surface area contributed by atoms with Gasteiger partial charge in [-0.25, -0.2) is 4.79 Å². The quantitative estimate of drug-likeness (QED) is 0.673. The zero-order valence-electron chi connectivity index (χ0n) is 15.5. The van der Waals surface area contributed by atoms with Crippen molar-refractivity contribution in [1.29, 1.82) is 0 Å². The fourth-order valence-corrected chi connectivity index (χ4v) is 4.10. The van der Waals surface area contributed by atoms with E-state index in [-0.39, 0.29) is 11.9 Å². The smallest absolute Gasteiger partial charge is 0.326 e. The van der Waals surface area contributed by atoms with Gasteiger partial charge in [0.05, 0.1) is 17.3 Å². The van der Waals surface area contributed by atoms with E-state index in [2.05, 4.69) is 4.98 Å². The maximum atomic E-state index is 13.3. The number of rotatable bonds is 4. The Balaban J connectivity index is 1.67. The predicted octanol–water partition coefficient (Wildman–Crippen LogP) is 4.83. The number of amides is 1. The summed E-state index contributed by atoms with van der Waals surface area (Å²) in [6, 6.07) is 19.1. The Morgan fingerprint density at radius 2 is 1.69 bits per heavy atom. The number of hydrogen-bond donors (Lipinski definition) is 1. The van der Waals surface area contributed by atoms with Crippen LogP contribution in [0.1, 0.15) is 34.8 Å². The van der Waals surface area contributed by atoms with Crippen LogP contribution in [-0.2, 0) is 4.79 Å². The van der Waals surface area contributed by atoms with Crippen molar-refractivity contribution in [2.75, 3.05) is 0 Å². The number of benzene rings is 2. The van der Waals surface area contributed by atoms with Crippen molar-refractivity contribution in [1.82, 2.24) is 9.88 Å². The molecule has 2 atom stereocenters. The first kappa shape index (κ1) is 19.2. The second kappa shape index (κ2) is 8.05. The number of likely N-dealkylation sites (tertiary alicyclic amines) is 1. The summed E-state index contributed by atoms with van der Waals surface area (Å²) >= 11 is 6.34. The van der Waals surface area contributed by atoms with E-state index in [1.54, 1.807) is 18.2 Å². The van der Waals surface area contributed by atoms with Crippen LogP contribution in [0.4, 0.5) is 0 Å². The van der Waals surface area contributed by atoms with Gasteiger partial charge in [-0.2, -0.15) is 0 Å². The Kier molecular flexibility index (Phi) is 5.32. The molecule has 0 spiro atoms. The summed E-state index contributed by atoms with van der Waals surface area (Å²) < 4.78 is 0. The summed E-state index contributed by atoms with van der Waals surface area (Å²) in [6.45, 7) is 0. The summed E-state index contributed by atoms with van der Waals surface area (Å²) in [5.41, 5.74) is 2.82. The highest BCUT2D eigenvalue weighted by molar-refractivity contribution is 6.31. The molecule has 6 heteroatoms. The molecule has 0 radical (unpaired) electrons. The second-order valence-electron chi connectivity index (χ2n) is 6.98. The highest BCUT2D eigenvalue weighted by Gasteiger charge is 2.42. The van der Waals surface area contributed by atoms with Crippen LogP contribution in [-0.4, -0.2) is 32.9 Å². The average Bonchev–Trinajstić information content (AvgIpc) is 3.19. The maximum absolute atomic E-state index is 13.3. The molecule has 4 rings (SSSR count). The molecule has 1 aliphatic heterocycles. The first-order valence-corrected chi connectivity index (χ1v) is 9.75. The molecule has 1 aliphatic rings. The number of carbonyl (C=O) groups excluding carboxylic acids is 1. The summed E-state index contributed by atoms with van der Waals surface area (Å²) in [6.07, 6.45) is 2.43. The molecule has 1 amide bonds. The molecule has 1 saturated heterocycles. The largest absolute Gasteiger partial charge is 0.480 e. The fourth-order valence-electron chi connectivity index (χ4n) is 3.84. The molecular weight excluding hydrogens is 388 g/mol. The molecule has 0 bridgehead atoms. The van der Waals surface area contributed by atoms with E-state index in [1.165, 1.54) is 11.1 Å². The lowest BCUT2D eigenvalue weighted by Gasteiger charge is -2.29. The number of hydrogen-bond acceptors (Lipinski definition) is 3. The van der Waals surface area contributed by atoms with Crippen LogP contribution in [0.15, 0.2) is 72.9 Å². The number of aliphatic carboxylic acids is 1. The highest BCUT2D eigenvalue weighted by atomic mass is 35.5. The Bertz CT molecular complexity index is 1040. The minimum atomic E-state index is -1.01. The van der Waals surface area contributed by atoms with E-state index >= 15 is 0 Å². The molecule has 29 heavy (non-hydrogen) atoms. The number of carboxylic acid groups (broad SMARTS) is 1. The number of aromatic nitrogens is 1. The van der Waals surface area contributed by atoms with Gasteiger partial charge >= 0.3 is 5.97 Å². The van der Waals surface area contributed by atoms with E-state index < -0.39 is 12.0 Å². The SMILES string of the molecule is O=C(O)[C@@H]1CC[C@H](c2ccccc2Cl)N1C(=O)c1ccc(-c2ccccc2)nc1. The third-order valence-electron chi connectivity index (χ3n) is 5.25.